The monoisotopic (exact) mass is 385 g/mol. The molecule has 0 radical (unpaired) electrons. The largest absolute Gasteiger partial charge is 0.394 e. The predicted octanol–water partition coefficient (Wildman–Crippen LogP) is 5.50. The average molecular weight is 386 g/mol. The van der Waals surface area contributed by atoms with Crippen molar-refractivity contribution in [2.24, 2.45) is 0 Å². The van der Waals surface area contributed by atoms with Crippen LogP contribution in [-0.2, 0) is 4.79 Å². The second-order valence-corrected chi connectivity index (χ2v) is 8.06. The van der Waals surface area contributed by atoms with E-state index >= 15 is 0 Å². The standard InChI is InChI=1S/C23H47NO3/c1-3-5-7-9-11-13-14-16-18-22(26)21(20-25)24-23(27)19-17-15-12-10-8-6-4-2/h21-22,25-26H,3-20H2,1-2H3,(H,24,27). The van der Waals surface area contributed by atoms with Crippen LogP contribution in [0.1, 0.15) is 123 Å². The number of hydrogen-bond acceptors (Lipinski definition) is 3. The van der Waals surface area contributed by atoms with Gasteiger partial charge < -0.3 is 15.5 Å². The Bertz CT molecular complexity index is 323. The van der Waals surface area contributed by atoms with Gasteiger partial charge in [0, 0.05) is 6.42 Å². The lowest BCUT2D eigenvalue weighted by Crippen LogP contribution is -2.45. The summed E-state index contributed by atoms with van der Waals surface area (Å²) in [6, 6.07) is -0.522. The van der Waals surface area contributed by atoms with E-state index in [4.69, 9.17) is 0 Å². The topological polar surface area (TPSA) is 69.6 Å². The molecule has 0 aromatic rings. The smallest absolute Gasteiger partial charge is 0.220 e. The SMILES string of the molecule is CCCCCCCCCCC(O)C(CO)NC(=O)CCCCCCCCC. The van der Waals surface area contributed by atoms with Crippen molar-refractivity contribution in [3.63, 3.8) is 0 Å². The molecule has 0 aliphatic heterocycles. The summed E-state index contributed by atoms with van der Waals surface area (Å²) in [5, 5.41) is 22.5. The van der Waals surface area contributed by atoms with Crippen LogP contribution in [0.4, 0.5) is 0 Å². The lowest BCUT2D eigenvalue weighted by atomic mass is 10.0. The van der Waals surface area contributed by atoms with Gasteiger partial charge in [-0.1, -0.05) is 104 Å². The second-order valence-electron chi connectivity index (χ2n) is 8.06. The molecule has 0 aliphatic rings. The molecule has 0 rings (SSSR count). The van der Waals surface area contributed by atoms with E-state index < -0.39 is 12.1 Å². The molecule has 3 N–H and O–H groups in total. The van der Waals surface area contributed by atoms with Crippen molar-refractivity contribution in [2.45, 2.75) is 135 Å². The molecule has 0 fully saturated rings. The molecule has 0 saturated carbocycles. The Hall–Kier alpha value is -0.610. The number of hydrogen-bond donors (Lipinski definition) is 3. The Morgan fingerprint density at radius 3 is 1.67 bits per heavy atom. The molecule has 1 amide bonds. The minimum absolute atomic E-state index is 0.0439. The number of carbonyl (C=O) groups excluding carboxylic acids is 1. The first-order valence-electron chi connectivity index (χ1n) is 11.7. The third kappa shape index (κ3) is 17.2. The Morgan fingerprint density at radius 2 is 1.19 bits per heavy atom. The molecular formula is C23H47NO3. The molecule has 162 valence electrons. The molecule has 0 saturated heterocycles. The molecule has 0 aromatic carbocycles. The van der Waals surface area contributed by atoms with Crippen molar-refractivity contribution >= 4 is 5.91 Å². The lowest BCUT2D eigenvalue weighted by molar-refractivity contribution is -0.123. The molecule has 0 bridgehead atoms. The van der Waals surface area contributed by atoms with E-state index in [9.17, 15) is 15.0 Å². The zero-order valence-electron chi connectivity index (χ0n) is 18.2. The zero-order chi connectivity index (χ0) is 20.2. The average Bonchev–Trinajstić information content (AvgIpc) is 2.67. The maximum atomic E-state index is 12.0. The van der Waals surface area contributed by atoms with E-state index in [1.165, 1.54) is 70.6 Å². The molecule has 2 unspecified atom stereocenters. The van der Waals surface area contributed by atoms with Gasteiger partial charge in [0.25, 0.3) is 0 Å². The number of unbranched alkanes of at least 4 members (excludes halogenated alkanes) is 13. The van der Waals surface area contributed by atoms with Crippen LogP contribution in [0.25, 0.3) is 0 Å². The predicted molar refractivity (Wildman–Crippen MR) is 115 cm³/mol. The highest BCUT2D eigenvalue weighted by Crippen LogP contribution is 2.12. The normalized spacial score (nSPS) is 13.5. The highest BCUT2D eigenvalue weighted by Gasteiger charge is 2.19. The molecule has 4 nitrogen and oxygen atoms in total. The quantitative estimate of drug-likeness (QED) is 0.242. The molecule has 27 heavy (non-hydrogen) atoms. The lowest BCUT2D eigenvalue weighted by Gasteiger charge is -2.22. The number of nitrogens with one attached hydrogen (secondary N) is 1. The Kier molecular flexibility index (Phi) is 19.7. The van der Waals surface area contributed by atoms with Crippen LogP contribution < -0.4 is 5.32 Å². The zero-order valence-corrected chi connectivity index (χ0v) is 18.2. The van der Waals surface area contributed by atoms with Gasteiger partial charge in [-0.05, 0) is 12.8 Å². The van der Waals surface area contributed by atoms with Crippen LogP contribution in [0.5, 0.6) is 0 Å². The first-order valence-corrected chi connectivity index (χ1v) is 11.7. The fraction of sp³-hybridized carbons (Fsp3) is 0.957. The molecule has 4 heteroatoms. The molecule has 0 heterocycles. The first-order chi connectivity index (χ1) is 13.2. The summed E-state index contributed by atoms with van der Waals surface area (Å²) in [5.74, 6) is -0.0439. The van der Waals surface area contributed by atoms with Gasteiger partial charge in [0.05, 0.1) is 18.8 Å². The van der Waals surface area contributed by atoms with E-state index in [0.717, 1.165) is 25.7 Å². The summed E-state index contributed by atoms with van der Waals surface area (Å²) in [6.45, 7) is 4.25. The van der Waals surface area contributed by atoms with Crippen molar-refractivity contribution in [3.8, 4) is 0 Å². The minimum Gasteiger partial charge on any atom is -0.394 e. The molecule has 0 aromatic heterocycles. The van der Waals surface area contributed by atoms with E-state index in [2.05, 4.69) is 19.2 Å². The number of aliphatic hydroxyl groups is 2. The van der Waals surface area contributed by atoms with Crippen molar-refractivity contribution in [3.05, 3.63) is 0 Å². The van der Waals surface area contributed by atoms with Crippen molar-refractivity contribution < 1.29 is 15.0 Å². The summed E-state index contributed by atoms with van der Waals surface area (Å²) < 4.78 is 0. The highest BCUT2D eigenvalue weighted by molar-refractivity contribution is 5.76. The Morgan fingerprint density at radius 1 is 0.741 bits per heavy atom. The van der Waals surface area contributed by atoms with E-state index in [1.807, 2.05) is 0 Å². The van der Waals surface area contributed by atoms with Crippen LogP contribution in [0, 0.1) is 0 Å². The first kappa shape index (κ1) is 26.4. The van der Waals surface area contributed by atoms with Gasteiger partial charge in [-0.3, -0.25) is 4.79 Å². The van der Waals surface area contributed by atoms with Crippen LogP contribution in [0.3, 0.4) is 0 Å². The summed E-state index contributed by atoms with van der Waals surface area (Å²) in [7, 11) is 0. The summed E-state index contributed by atoms with van der Waals surface area (Å²) in [4.78, 5) is 12.0. The second kappa shape index (κ2) is 20.1. The van der Waals surface area contributed by atoms with E-state index in [1.54, 1.807) is 0 Å². The van der Waals surface area contributed by atoms with Gasteiger partial charge in [-0.2, -0.15) is 0 Å². The van der Waals surface area contributed by atoms with Crippen LogP contribution in [-0.4, -0.2) is 34.9 Å². The van der Waals surface area contributed by atoms with Crippen LogP contribution in [0.15, 0.2) is 0 Å². The van der Waals surface area contributed by atoms with E-state index in [-0.39, 0.29) is 12.5 Å². The van der Waals surface area contributed by atoms with Crippen LogP contribution >= 0.6 is 0 Å². The van der Waals surface area contributed by atoms with Gasteiger partial charge in [0.1, 0.15) is 0 Å². The van der Waals surface area contributed by atoms with Crippen molar-refractivity contribution in [1.29, 1.82) is 0 Å². The summed E-state index contributed by atoms with van der Waals surface area (Å²) in [5.41, 5.74) is 0. The highest BCUT2D eigenvalue weighted by atomic mass is 16.3. The van der Waals surface area contributed by atoms with Gasteiger partial charge in [0.15, 0.2) is 0 Å². The van der Waals surface area contributed by atoms with Gasteiger partial charge in [-0.25, -0.2) is 0 Å². The Labute approximate surface area is 168 Å². The third-order valence-corrected chi connectivity index (χ3v) is 5.37. The fourth-order valence-electron chi connectivity index (χ4n) is 3.47. The molecule has 0 spiro atoms. The number of rotatable bonds is 20. The number of carbonyl (C=O) groups is 1. The van der Waals surface area contributed by atoms with Gasteiger partial charge in [-0.15, -0.1) is 0 Å². The number of aliphatic hydroxyl groups excluding tert-OH is 2. The van der Waals surface area contributed by atoms with E-state index in [0.29, 0.717) is 12.8 Å². The summed E-state index contributed by atoms with van der Waals surface area (Å²) >= 11 is 0. The molecule has 2 atom stereocenters. The minimum atomic E-state index is -0.645. The van der Waals surface area contributed by atoms with Crippen molar-refractivity contribution in [1.82, 2.24) is 5.32 Å². The Balaban J connectivity index is 3.70. The maximum Gasteiger partial charge on any atom is 0.220 e. The van der Waals surface area contributed by atoms with Gasteiger partial charge >= 0.3 is 0 Å². The molecular weight excluding hydrogens is 338 g/mol. The summed E-state index contributed by atoms with van der Waals surface area (Å²) in [6.07, 6.45) is 18.6. The van der Waals surface area contributed by atoms with Gasteiger partial charge in [0.2, 0.25) is 5.91 Å². The fourth-order valence-corrected chi connectivity index (χ4v) is 3.47. The third-order valence-electron chi connectivity index (χ3n) is 5.37. The number of amides is 1. The van der Waals surface area contributed by atoms with Crippen molar-refractivity contribution in [2.75, 3.05) is 6.61 Å². The molecule has 0 aliphatic carbocycles. The maximum absolute atomic E-state index is 12.0. The van der Waals surface area contributed by atoms with Crippen LogP contribution in [0.2, 0.25) is 0 Å².